The van der Waals surface area contributed by atoms with Gasteiger partial charge in [-0.3, -0.25) is 0 Å². The molecule has 1 aliphatic carbocycles. The van der Waals surface area contributed by atoms with Crippen molar-refractivity contribution in [3.63, 3.8) is 0 Å². The van der Waals surface area contributed by atoms with Crippen LogP contribution in [0.15, 0.2) is 6.07 Å². The molecule has 0 aliphatic heterocycles. The van der Waals surface area contributed by atoms with Gasteiger partial charge in [-0.25, -0.2) is 9.97 Å². The fraction of sp³-hybridized carbons (Fsp3) is 0.750. The highest BCUT2D eigenvalue weighted by molar-refractivity contribution is 5.47. The van der Waals surface area contributed by atoms with Crippen molar-refractivity contribution in [1.29, 1.82) is 0 Å². The lowest BCUT2D eigenvalue weighted by atomic mass is 9.97. The summed E-state index contributed by atoms with van der Waals surface area (Å²) in [6.07, 6.45) is 9.21. The third kappa shape index (κ3) is 5.50. The van der Waals surface area contributed by atoms with Crippen LogP contribution in [0.4, 0.5) is 11.6 Å². The third-order valence-corrected chi connectivity index (χ3v) is 3.92. The second-order valence-electron chi connectivity index (χ2n) is 5.63. The molecule has 0 bridgehead atoms. The Balaban J connectivity index is 2.02. The molecule has 0 spiro atoms. The van der Waals surface area contributed by atoms with Crippen molar-refractivity contribution in [2.45, 2.75) is 64.5 Å². The molecule has 118 valence electrons. The Morgan fingerprint density at radius 2 is 1.76 bits per heavy atom. The van der Waals surface area contributed by atoms with Gasteiger partial charge in [0.25, 0.3) is 0 Å². The van der Waals surface area contributed by atoms with Gasteiger partial charge in [-0.05, 0) is 19.8 Å². The molecule has 1 fully saturated rings. The number of anilines is 2. The van der Waals surface area contributed by atoms with Gasteiger partial charge in [-0.15, -0.1) is 0 Å². The van der Waals surface area contributed by atoms with E-state index in [1.807, 2.05) is 20.0 Å². The molecule has 1 heterocycles. The fourth-order valence-electron chi connectivity index (χ4n) is 2.77. The maximum absolute atomic E-state index is 5.42. The molecule has 5 heteroatoms. The van der Waals surface area contributed by atoms with Gasteiger partial charge in [-0.2, -0.15) is 0 Å². The predicted molar refractivity (Wildman–Crippen MR) is 86.6 cm³/mol. The van der Waals surface area contributed by atoms with Gasteiger partial charge >= 0.3 is 0 Å². The number of hydrogen-bond acceptors (Lipinski definition) is 5. The van der Waals surface area contributed by atoms with Gasteiger partial charge in [-0.1, -0.05) is 32.1 Å². The first-order valence-corrected chi connectivity index (χ1v) is 8.21. The first kappa shape index (κ1) is 16.0. The maximum atomic E-state index is 5.42. The lowest BCUT2D eigenvalue weighted by Crippen LogP contribution is -2.22. The van der Waals surface area contributed by atoms with E-state index in [0.717, 1.165) is 17.5 Å². The van der Waals surface area contributed by atoms with E-state index in [0.29, 0.717) is 19.3 Å². The van der Waals surface area contributed by atoms with Crippen LogP contribution in [0.1, 0.15) is 57.7 Å². The number of hydrogen-bond donors (Lipinski definition) is 2. The zero-order valence-corrected chi connectivity index (χ0v) is 13.3. The van der Waals surface area contributed by atoms with E-state index in [1.54, 1.807) is 0 Å². The summed E-state index contributed by atoms with van der Waals surface area (Å²) in [6.45, 7) is 3.12. The topological polar surface area (TPSA) is 59.1 Å². The number of rotatable bonds is 6. The second-order valence-corrected chi connectivity index (χ2v) is 5.63. The summed E-state index contributed by atoms with van der Waals surface area (Å²) in [5.41, 5.74) is 0. The monoisotopic (exact) mass is 292 g/mol. The minimum absolute atomic E-state index is 0.464. The van der Waals surface area contributed by atoms with Gasteiger partial charge in [0.2, 0.25) is 0 Å². The lowest BCUT2D eigenvalue weighted by Gasteiger charge is -2.22. The van der Waals surface area contributed by atoms with Crippen molar-refractivity contribution in [3.05, 3.63) is 11.9 Å². The van der Waals surface area contributed by atoms with Gasteiger partial charge < -0.3 is 15.4 Å². The molecule has 0 amide bonds. The molecule has 21 heavy (non-hydrogen) atoms. The Kier molecular flexibility index (Phi) is 6.73. The van der Waals surface area contributed by atoms with E-state index in [2.05, 4.69) is 20.6 Å². The molecule has 2 N–H and O–H groups in total. The Labute approximate surface area is 127 Å². The van der Waals surface area contributed by atoms with Gasteiger partial charge in [0, 0.05) is 25.8 Å². The lowest BCUT2D eigenvalue weighted by molar-refractivity contribution is 0.128. The molecule has 1 aliphatic rings. The Hall–Kier alpha value is -1.36. The Morgan fingerprint density at radius 1 is 1.10 bits per heavy atom. The number of ether oxygens (including phenoxy) is 1. The number of nitrogens with zero attached hydrogens (tertiary/aromatic N) is 2. The molecule has 1 aromatic rings. The van der Waals surface area contributed by atoms with E-state index >= 15 is 0 Å². The summed E-state index contributed by atoms with van der Waals surface area (Å²) in [5, 5.41) is 6.69. The normalized spacial score (nSPS) is 17.0. The third-order valence-electron chi connectivity index (χ3n) is 3.92. The van der Waals surface area contributed by atoms with Crippen LogP contribution in [0, 0.1) is 0 Å². The Bertz CT molecular complexity index is 417. The fourth-order valence-corrected chi connectivity index (χ4v) is 2.77. The van der Waals surface area contributed by atoms with Crippen LogP contribution in [0.25, 0.3) is 0 Å². The van der Waals surface area contributed by atoms with Crippen LogP contribution in [0.3, 0.4) is 0 Å². The van der Waals surface area contributed by atoms with Crippen LogP contribution in [-0.4, -0.2) is 29.7 Å². The van der Waals surface area contributed by atoms with Crippen LogP contribution >= 0.6 is 0 Å². The molecule has 1 saturated carbocycles. The summed E-state index contributed by atoms with van der Waals surface area (Å²) in [4.78, 5) is 9.01. The van der Waals surface area contributed by atoms with Crippen molar-refractivity contribution < 1.29 is 4.74 Å². The zero-order valence-electron chi connectivity index (χ0n) is 13.3. The van der Waals surface area contributed by atoms with E-state index in [1.165, 1.54) is 44.9 Å². The average molecular weight is 292 g/mol. The average Bonchev–Trinajstić information content (AvgIpc) is 2.47. The van der Waals surface area contributed by atoms with Crippen molar-refractivity contribution in [2.24, 2.45) is 0 Å². The number of nitrogens with one attached hydrogen (secondary N) is 2. The first-order chi connectivity index (χ1) is 10.3. The van der Waals surface area contributed by atoms with Gasteiger partial charge in [0.15, 0.2) is 5.82 Å². The molecular weight excluding hydrogens is 264 g/mol. The van der Waals surface area contributed by atoms with Crippen LogP contribution in [-0.2, 0) is 11.3 Å². The summed E-state index contributed by atoms with van der Waals surface area (Å²) in [6, 6.07) is 2.51. The van der Waals surface area contributed by atoms with E-state index < -0.39 is 0 Å². The summed E-state index contributed by atoms with van der Waals surface area (Å²) >= 11 is 0. The van der Waals surface area contributed by atoms with Crippen LogP contribution in [0.5, 0.6) is 0 Å². The second kappa shape index (κ2) is 8.82. The van der Waals surface area contributed by atoms with E-state index in [4.69, 9.17) is 4.74 Å². The summed E-state index contributed by atoms with van der Waals surface area (Å²) in [5.74, 6) is 2.49. The van der Waals surface area contributed by atoms with Gasteiger partial charge in [0.05, 0.1) is 0 Å². The summed E-state index contributed by atoms with van der Waals surface area (Å²) in [7, 11) is 1.88. The molecule has 0 aromatic carbocycles. The SMILES string of the molecule is CCOCc1nc(NC)cc(NC2CCCCCCC2)n1. The van der Waals surface area contributed by atoms with Crippen LogP contribution < -0.4 is 10.6 Å². The molecule has 2 rings (SSSR count). The van der Waals surface area contributed by atoms with Crippen molar-refractivity contribution in [3.8, 4) is 0 Å². The first-order valence-electron chi connectivity index (χ1n) is 8.21. The highest BCUT2D eigenvalue weighted by atomic mass is 16.5. The van der Waals surface area contributed by atoms with Crippen molar-refractivity contribution in [2.75, 3.05) is 24.3 Å². The molecular formula is C16H28N4O. The molecule has 0 unspecified atom stereocenters. The van der Waals surface area contributed by atoms with Crippen molar-refractivity contribution >= 4 is 11.6 Å². The van der Waals surface area contributed by atoms with Crippen molar-refractivity contribution in [1.82, 2.24) is 9.97 Å². The quantitative estimate of drug-likeness (QED) is 0.839. The highest BCUT2D eigenvalue weighted by Crippen LogP contribution is 2.21. The largest absolute Gasteiger partial charge is 0.374 e. The minimum Gasteiger partial charge on any atom is -0.374 e. The maximum Gasteiger partial charge on any atom is 0.158 e. The number of aromatic nitrogens is 2. The molecule has 1 aromatic heterocycles. The Morgan fingerprint density at radius 3 is 2.43 bits per heavy atom. The zero-order chi connectivity index (χ0) is 14.9. The molecule has 0 atom stereocenters. The van der Waals surface area contributed by atoms with Crippen LogP contribution in [0.2, 0.25) is 0 Å². The minimum atomic E-state index is 0.464. The predicted octanol–water partition coefficient (Wildman–Crippen LogP) is 3.58. The van der Waals surface area contributed by atoms with Gasteiger partial charge in [0.1, 0.15) is 18.2 Å². The molecule has 0 saturated heterocycles. The standard InChI is InChI=1S/C16H28N4O/c1-3-21-12-16-19-14(17-2)11-15(20-16)18-13-9-7-5-4-6-8-10-13/h11,13H,3-10,12H2,1-2H3,(H2,17,18,19,20). The smallest absolute Gasteiger partial charge is 0.158 e. The molecule has 5 nitrogen and oxygen atoms in total. The highest BCUT2D eigenvalue weighted by Gasteiger charge is 2.13. The van der Waals surface area contributed by atoms with E-state index in [9.17, 15) is 0 Å². The molecule has 0 radical (unpaired) electrons. The van der Waals surface area contributed by atoms with E-state index in [-0.39, 0.29) is 0 Å². The summed E-state index contributed by atoms with van der Waals surface area (Å²) < 4.78 is 5.42.